The molecule has 2 rings (SSSR count). The Balaban J connectivity index is 2.14. The van der Waals surface area contributed by atoms with Gasteiger partial charge in [0.1, 0.15) is 12.8 Å². The van der Waals surface area contributed by atoms with E-state index in [1.165, 1.54) is 0 Å². The van der Waals surface area contributed by atoms with Crippen LogP contribution in [0.4, 0.5) is 4.39 Å². The zero-order chi connectivity index (χ0) is 18.4. The molecule has 134 valence electrons. The lowest BCUT2D eigenvalue weighted by atomic mass is 10.0. The number of likely N-dealkylation sites (N-methyl/N-ethyl adjacent to an activating group) is 2. The van der Waals surface area contributed by atoms with Crippen molar-refractivity contribution < 1.29 is 14.4 Å². The molecule has 25 heavy (non-hydrogen) atoms. The van der Waals surface area contributed by atoms with Gasteiger partial charge in [-0.15, -0.1) is 0 Å². The van der Waals surface area contributed by atoms with Gasteiger partial charge in [0.25, 0.3) is 5.91 Å². The summed E-state index contributed by atoms with van der Waals surface area (Å²) in [4.78, 5) is 14.2. The van der Waals surface area contributed by atoms with E-state index in [0.29, 0.717) is 11.1 Å². The normalized spacial score (nSPS) is 13.3. The molecule has 2 aromatic rings. The molecule has 0 bridgehead atoms. The monoisotopic (exact) mass is 345 g/mol. The summed E-state index contributed by atoms with van der Waals surface area (Å²) in [5, 5.41) is 12.0. The predicted molar refractivity (Wildman–Crippen MR) is 96.0 cm³/mol. The summed E-state index contributed by atoms with van der Waals surface area (Å²) in [6, 6.07) is 14.3. The lowest BCUT2D eigenvalue weighted by Crippen LogP contribution is -2.54. The average Bonchev–Trinajstić information content (AvgIpc) is 2.68. The van der Waals surface area contributed by atoms with Gasteiger partial charge >= 0.3 is 0 Å². The Morgan fingerprint density at radius 1 is 1.12 bits per heavy atom. The van der Waals surface area contributed by atoms with Crippen molar-refractivity contribution in [2.24, 2.45) is 0 Å². The SMILES string of the molecule is CNC(NO)C(C)N(C)C(=O)c1ccc(-c2ccc(CF)cc2)cc1. The van der Waals surface area contributed by atoms with Crippen molar-refractivity contribution in [3.8, 4) is 11.1 Å². The first-order chi connectivity index (χ1) is 12.0. The molecule has 5 nitrogen and oxygen atoms in total. The van der Waals surface area contributed by atoms with Crippen LogP contribution in [0, 0.1) is 0 Å². The first-order valence-corrected chi connectivity index (χ1v) is 8.11. The number of carbonyl (C=O) groups is 1. The highest BCUT2D eigenvalue weighted by Crippen LogP contribution is 2.21. The minimum Gasteiger partial charge on any atom is -0.336 e. The van der Waals surface area contributed by atoms with Crippen molar-refractivity contribution in [1.29, 1.82) is 0 Å². The summed E-state index contributed by atoms with van der Waals surface area (Å²) in [6.45, 7) is 1.36. The fraction of sp³-hybridized carbons (Fsp3) is 0.316. The molecule has 0 aliphatic rings. The Morgan fingerprint density at radius 3 is 2.08 bits per heavy atom. The van der Waals surface area contributed by atoms with Crippen LogP contribution in [0.5, 0.6) is 0 Å². The molecular formula is C19H24FN3O2. The van der Waals surface area contributed by atoms with E-state index in [4.69, 9.17) is 5.21 Å². The zero-order valence-electron chi connectivity index (χ0n) is 14.7. The van der Waals surface area contributed by atoms with E-state index in [1.807, 2.05) is 31.2 Å². The number of hydroxylamine groups is 1. The number of rotatable bonds is 7. The maximum Gasteiger partial charge on any atom is 0.253 e. The van der Waals surface area contributed by atoms with Gasteiger partial charge in [-0.05, 0) is 42.8 Å². The van der Waals surface area contributed by atoms with Gasteiger partial charge in [0.05, 0.1) is 6.04 Å². The van der Waals surface area contributed by atoms with Crippen LogP contribution in [-0.4, -0.2) is 42.3 Å². The minimum absolute atomic E-state index is 0.137. The molecule has 0 aliphatic heterocycles. The number of benzene rings is 2. The summed E-state index contributed by atoms with van der Waals surface area (Å²) in [5.41, 5.74) is 5.28. The zero-order valence-corrected chi connectivity index (χ0v) is 14.7. The number of hydrogen-bond acceptors (Lipinski definition) is 4. The third-order valence-corrected chi connectivity index (χ3v) is 4.44. The Labute approximate surface area is 147 Å². The quantitative estimate of drug-likeness (QED) is 0.533. The van der Waals surface area contributed by atoms with E-state index >= 15 is 0 Å². The van der Waals surface area contributed by atoms with Crippen LogP contribution in [0.3, 0.4) is 0 Å². The third-order valence-electron chi connectivity index (χ3n) is 4.44. The Bertz CT molecular complexity index is 685. The van der Waals surface area contributed by atoms with Crippen LogP contribution >= 0.6 is 0 Å². The summed E-state index contributed by atoms with van der Waals surface area (Å²) >= 11 is 0. The fourth-order valence-electron chi connectivity index (χ4n) is 2.62. The first-order valence-electron chi connectivity index (χ1n) is 8.11. The van der Waals surface area contributed by atoms with Gasteiger partial charge in [-0.25, -0.2) is 4.39 Å². The van der Waals surface area contributed by atoms with Crippen LogP contribution in [-0.2, 0) is 6.67 Å². The number of nitrogens with one attached hydrogen (secondary N) is 2. The lowest BCUT2D eigenvalue weighted by Gasteiger charge is -2.31. The van der Waals surface area contributed by atoms with E-state index in [-0.39, 0.29) is 11.9 Å². The summed E-state index contributed by atoms with van der Waals surface area (Å²) in [7, 11) is 3.39. The maximum absolute atomic E-state index is 12.6. The highest BCUT2D eigenvalue weighted by molar-refractivity contribution is 5.94. The van der Waals surface area contributed by atoms with Crippen LogP contribution in [0.2, 0.25) is 0 Å². The first kappa shape index (κ1) is 19.1. The van der Waals surface area contributed by atoms with Gasteiger partial charge in [-0.2, -0.15) is 5.48 Å². The minimum atomic E-state index is -0.478. The van der Waals surface area contributed by atoms with Gasteiger partial charge in [-0.1, -0.05) is 36.4 Å². The molecule has 0 spiro atoms. The molecule has 0 aliphatic carbocycles. The van der Waals surface area contributed by atoms with E-state index in [9.17, 15) is 9.18 Å². The van der Waals surface area contributed by atoms with E-state index in [0.717, 1.165) is 11.1 Å². The number of hydrogen-bond donors (Lipinski definition) is 3. The molecule has 0 saturated carbocycles. The van der Waals surface area contributed by atoms with Gasteiger partial charge < -0.3 is 15.4 Å². The number of nitrogens with zero attached hydrogens (tertiary/aromatic N) is 1. The van der Waals surface area contributed by atoms with Crippen molar-refractivity contribution in [3.05, 3.63) is 59.7 Å². The topological polar surface area (TPSA) is 64.6 Å². The van der Waals surface area contributed by atoms with Crippen molar-refractivity contribution in [3.63, 3.8) is 0 Å². The number of carbonyl (C=O) groups excluding carboxylic acids is 1. The maximum atomic E-state index is 12.6. The molecule has 2 atom stereocenters. The van der Waals surface area contributed by atoms with Crippen molar-refractivity contribution in [2.45, 2.75) is 25.8 Å². The second-order valence-corrected chi connectivity index (χ2v) is 5.96. The molecule has 2 unspecified atom stereocenters. The highest BCUT2D eigenvalue weighted by atomic mass is 19.1. The molecule has 0 aromatic heterocycles. The van der Waals surface area contributed by atoms with Gasteiger partial charge in [0.2, 0.25) is 0 Å². The van der Waals surface area contributed by atoms with Gasteiger partial charge in [-0.3, -0.25) is 4.79 Å². The van der Waals surface area contributed by atoms with E-state index < -0.39 is 12.8 Å². The van der Waals surface area contributed by atoms with Crippen molar-refractivity contribution in [1.82, 2.24) is 15.7 Å². The molecule has 0 fully saturated rings. The molecule has 3 N–H and O–H groups in total. The highest BCUT2D eigenvalue weighted by Gasteiger charge is 2.23. The van der Waals surface area contributed by atoms with Crippen LogP contribution in [0.1, 0.15) is 22.8 Å². The lowest BCUT2D eigenvalue weighted by molar-refractivity contribution is 0.0493. The average molecular weight is 345 g/mol. The van der Waals surface area contributed by atoms with Crippen LogP contribution < -0.4 is 10.8 Å². The molecular weight excluding hydrogens is 321 g/mol. The summed E-state index contributed by atoms with van der Waals surface area (Å²) in [6.07, 6.45) is -0.428. The molecule has 0 radical (unpaired) electrons. The summed E-state index contributed by atoms with van der Waals surface area (Å²) in [5.74, 6) is -0.137. The molecule has 2 aromatic carbocycles. The molecule has 6 heteroatoms. The second-order valence-electron chi connectivity index (χ2n) is 5.96. The predicted octanol–water partition coefficient (Wildman–Crippen LogP) is 2.81. The van der Waals surface area contributed by atoms with Crippen LogP contribution in [0.15, 0.2) is 48.5 Å². The van der Waals surface area contributed by atoms with Gasteiger partial charge in [0.15, 0.2) is 0 Å². The standard InChI is InChI=1S/C19H24FN3O2/c1-13(18(21-2)22-25)23(3)19(24)17-10-8-16(9-11-17)15-6-4-14(12-20)5-7-15/h4-11,13,18,21-22,25H,12H2,1-3H3. The molecule has 0 saturated heterocycles. The smallest absolute Gasteiger partial charge is 0.253 e. The molecule has 1 amide bonds. The van der Waals surface area contributed by atoms with Crippen molar-refractivity contribution in [2.75, 3.05) is 14.1 Å². The van der Waals surface area contributed by atoms with E-state index in [2.05, 4.69) is 10.8 Å². The Kier molecular flexibility index (Phi) is 6.64. The Morgan fingerprint density at radius 2 is 1.64 bits per heavy atom. The molecule has 0 heterocycles. The van der Waals surface area contributed by atoms with Crippen LogP contribution in [0.25, 0.3) is 11.1 Å². The van der Waals surface area contributed by atoms with Gasteiger partial charge in [0, 0.05) is 12.6 Å². The number of halogens is 1. The number of amides is 1. The third kappa shape index (κ3) is 4.42. The van der Waals surface area contributed by atoms with E-state index in [1.54, 1.807) is 43.3 Å². The summed E-state index contributed by atoms with van der Waals surface area (Å²) < 4.78 is 12.6. The number of alkyl halides is 1. The fourth-order valence-corrected chi connectivity index (χ4v) is 2.62. The largest absolute Gasteiger partial charge is 0.336 e. The Hall–Kier alpha value is -2.28. The van der Waals surface area contributed by atoms with Crippen molar-refractivity contribution >= 4 is 5.91 Å². The second kappa shape index (κ2) is 8.71.